The zero-order valence-electron chi connectivity index (χ0n) is 17.4. The number of methoxy groups -OCH3 is 2. The quantitative estimate of drug-likeness (QED) is 0.445. The van der Waals surface area contributed by atoms with Crippen LogP contribution in [-0.2, 0) is 9.53 Å². The van der Waals surface area contributed by atoms with Crippen molar-refractivity contribution in [3.63, 3.8) is 0 Å². The van der Waals surface area contributed by atoms with Crippen molar-refractivity contribution in [3.8, 4) is 11.5 Å². The molecule has 0 saturated heterocycles. The van der Waals surface area contributed by atoms with Crippen molar-refractivity contribution in [3.05, 3.63) is 69.1 Å². The summed E-state index contributed by atoms with van der Waals surface area (Å²) < 4.78 is 28.8. The molecule has 3 rings (SSSR count). The van der Waals surface area contributed by atoms with Crippen LogP contribution in [-0.4, -0.2) is 38.6 Å². The maximum Gasteiger partial charge on any atom is 0.340 e. The van der Waals surface area contributed by atoms with Crippen molar-refractivity contribution in [1.82, 2.24) is 0 Å². The van der Waals surface area contributed by atoms with Gasteiger partial charge in [0.1, 0.15) is 5.82 Å². The molecule has 0 bridgehead atoms. The Hall–Kier alpha value is -3.63. The van der Waals surface area contributed by atoms with Crippen LogP contribution in [0.2, 0.25) is 5.02 Å². The van der Waals surface area contributed by atoms with Crippen LogP contribution in [0.1, 0.15) is 20.0 Å². The second-order valence-corrected chi connectivity index (χ2v) is 7.79. The molecule has 0 saturated carbocycles. The second-order valence-electron chi connectivity index (χ2n) is 6.44. The van der Waals surface area contributed by atoms with E-state index in [4.69, 9.17) is 25.8 Å². The van der Waals surface area contributed by atoms with Crippen LogP contribution >= 0.6 is 22.9 Å². The molecule has 2 amide bonds. The molecule has 0 atom stereocenters. The number of benzene rings is 2. The highest BCUT2D eigenvalue weighted by molar-refractivity contribution is 7.12. The van der Waals surface area contributed by atoms with Gasteiger partial charge in [0.25, 0.3) is 11.8 Å². The fourth-order valence-corrected chi connectivity index (χ4v) is 3.52. The summed E-state index contributed by atoms with van der Waals surface area (Å²) in [6.07, 6.45) is 0. The molecule has 3 aromatic rings. The molecule has 2 N–H and O–H groups in total. The number of thiophene rings is 1. The van der Waals surface area contributed by atoms with Gasteiger partial charge in [-0.1, -0.05) is 17.7 Å². The Morgan fingerprint density at radius 2 is 1.76 bits per heavy atom. The number of hydrogen-bond donors (Lipinski definition) is 2. The third-order valence-corrected chi connectivity index (χ3v) is 5.43. The van der Waals surface area contributed by atoms with Gasteiger partial charge in [0.15, 0.2) is 18.1 Å². The minimum atomic E-state index is -0.885. The highest BCUT2D eigenvalue weighted by Gasteiger charge is 2.21. The van der Waals surface area contributed by atoms with Crippen molar-refractivity contribution in [2.45, 2.75) is 0 Å². The minimum absolute atomic E-state index is 0.0461. The Morgan fingerprint density at radius 1 is 1.03 bits per heavy atom. The first-order valence-corrected chi connectivity index (χ1v) is 10.6. The smallest absolute Gasteiger partial charge is 0.340 e. The summed E-state index contributed by atoms with van der Waals surface area (Å²) in [7, 11) is 2.80. The minimum Gasteiger partial charge on any atom is -0.493 e. The molecule has 11 heteroatoms. The van der Waals surface area contributed by atoms with Gasteiger partial charge in [-0.05, 0) is 29.6 Å². The number of anilines is 2. The second kappa shape index (κ2) is 10.8. The highest BCUT2D eigenvalue weighted by atomic mass is 35.5. The van der Waals surface area contributed by atoms with E-state index in [-0.39, 0.29) is 33.5 Å². The number of amides is 2. The number of hydrogen-bond acceptors (Lipinski definition) is 7. The molecule has 0 aliphatic heterocycles. The SMILES string of the molecule is COc1cc(NC(=O)c2cccs2)c(C(=O)OCC(=O)Nc2ccc(F)c(Cl)c2)cc1OC. The highest BCUT2D eigenvalue weighted by Crippen LogP contribution is 2.34. The lowest BCUT2D eigenvalue weighted by Crippen LogP contribution is -2.22. The molecule has 33 heavy (non-hydrogen) atoms. The number of rotatable bonds is 8. The van der Waals surface area contributed by atoms with Crippen molar-refractivity contribution in [2.24, 2.45) is 0 Å². The lowest BCUT2D eigenvalue weighted by Gasteiger charge is -2.15. The molecule has 0 fully saturated rings. The van der Waals surface area contributed by atoms with Gasteiger partial charge in [0.05, 0.1) is 35.4 Å². The Morgan fingerprint density at radius 3 is 2.39 bits per heavy atom. The maximum atomic E-state index is 13.2. The first kappa shape index (κ1) is 24.0. The summed E-state index contributed by atoms with van der Waals surface area (Å²) in [5, 5.41) is 6.66. The molecule has 0 spiro atoms. The van der Waals surface area contributed by atoms with Crippen LogP contribution in [0.3, 0.4) is 0 Å². The van der Waals surface area contributed by atoms with E-state index in [1.807, 2.05) is 0 Å². The van der Waals surface area contributed by atoms with Crippen LogP contribution in [0.4, 0.5) is 15.8 Å². The number of carbonyl (C=O) groups excluding carboxylic acids is 3. The normalized spacial score (nSPS) is 10.3. The Kier molecular flexibility index (Phi) is 7.86. The lowest BCUT2D eigenvalue weighted by atomic mass is 10.1. The molecular formula is C22H18ClFN2O6S. The summed E-state index contributed by atoms with van der Waals surface area (Å²) in [6.45, 7) is -0.638. The third kappa shape index (κ3) is 5.99. The van der Waals surface area contributed by atoms with Gasteiger partial charge in [-0.3, -0.25) is 9.59 Å². The molecule has 172 valence electrons. The molecule has 0 aliphatic rings. The topological polar surface area (TPSA) is 103 Å². The average molecular weight is 493 g/mol. The predicted molar refractivity (Wildman–Crippen MR) is 122 cm³/mol. The van der Waals surface area contributed by atoms with Gasteiger partial charge in [-0.25, -0.2) is 9.18 Å². The lowest BCUT2D eigenvalue weighted by molar-refractivity contribution is -0.119. The van der Waals surface area contributed by atoms with Crippen LogP contribution in [0.15, 0.2) is 47.8 Å². The van der Waals surface area contributed by atoms with Gasteiger partial charge in [0, 0.05) is 17.8 Å². The molecule has 0 aliphatic carbocycles. The predicted octanol–water partition coefficient (Wildman–Crippen LogP) is 4.61. The number of carbonyl (C=O) groups is 3. The molecule has 0 radical (unpaired) electrons. The molecular weight excluding hydrogens is 475 g/mol. The first-order valence-electron chi connectivity index (χ1n) is 9.35. The van der Waals surface area contributed by atoms with Crippen LogP contribution in [0.25, 0.3) is 0 Å². The summed E-state index contributed by atoms with van der Waals surface area (Å²) in [6, 6.07) is 9.73. The van der Waals surface area contributed by atoms with E-state index >= 15 is 0 Å². The summed E-state index contributed by atoms with van der Waals surface area (Å²) >= 11 is 6.92. The van der Waals surface area contributed by atoms with E-state index in [0.717, 1.165) is 6.07 Å². The Bertz CT molecular complexity index is 1190. The molecule has 8 nitrogen and oxygen atoms in total. The van der Waals surface area contributed by atoms with Crippen molar-refractivity contribution < 1.29 is 33.0 Å². The fourth-order valence-electron chi connectivity index (χ4n) is 2.72. The van der Waals surface area contributed by atoms with Crippen LogP contribution < -0.4 is 20.1 Å². The number of halogens is 2. The van der Waals surface area contributed by atoms with Crippen molar-refractivity contribution in [1.29, 1.82) is 0 Å². The van der Waals surface area contributed by atoms with Gasteiger partial charge in [-0.15, -0.1) is 11.3 Å². The largest absolute Gasteiger partial charge is 0.493 e. The standard InChI is InChI=1S/C22H18ClFN2O6S/c1-30-17-9-13(16(10-18(17)31-2)26-21(28)19-4-3-7-33-19)22(29)32-11-20(27)25-12-5-6-15(24)14(23)8-12/h3-10H,11H2,1-2H3,(H,25,27)(H,26,28). The summed E-state index contributed by atoms with van der Waals surface area (Å²) in [5.74, 6) is -2.12. The Labute approximate surface area is 197 Å². The molecule has 1 heterocycles. The first-order chi connectivity index (χ1) is 15.8. The van der Waals surface area contributed by atoms with Crippen LogP contribution in [0.5, 0.6) is 11.5 Å². The van der Waals surface area contributed by atoms with Crippen molar-refractivity contribution in [2.75, 3.05) is 31.5 Å². The van der Waals surface area contributed by atoms with E-state index in [9.17, 15) is 18.8 Å². The zero-order valence-corrected chi connectivity index (χ0v) is 19.0. The van der Waals surface area contributed by atoms with E-state index in [1.165, 1.54) is 49.8 Å². The molecule has 0 unspecified atom stereocenters. The fraction of sp³-hybridized carbons (Fsp3) is 0.136. The zero-order chi connectivity index (χ0) is 24.0. The summed E-state index contributed by atoms with van der Waals surface area (Å²) in [5.41, 5.74) is 0.300. The monoisotopic (exact) mass is 492 g/mol. The van der Waals surface area contributed by atoms with E-state index in [2.05, 4.69) is 10.6 Å². The Balaban J connectivity index is 1.76. The van der Waals surface area contributed by atoms with Crippen molar-refractivity contribution >= 4 is 52.1 Å². The molecule has 1 aromatic heterocycles. The molecule has 2 aromatic carbocycles. The van der Waals surface area contributed by atoms with Gasteiger partial charge in [-0.2, -0.15) is 0 Å². The third-order valence-electron chi connectivity index (χ3n) is 4.27. The number of nitrogens with one attached hydrogen (secondary N) is 2. The van der Waals surface area contributed by atoms with Crippen LogP contribution in [0, 0.1) is 5.82 Å². The van der Waals surface area contributed by atoms with E-state index < -0.39 is 30.2 Å². The maximum absolute atomic E-state index is 13.2. The van der Waals surface area contributed by atoms with E-state index in [0.29, 0.717) is 4.88 Å². The average Bonchev–Trinajstić information content (AvgIpc) is 3.35. The summed E-state index contributed by atoms with van der Waals surface area (Å²) in [4.78, 5) is 37.8. The van der Waals surface area contributed by atoms with Gasteiger partial charge < -0.3 is 24.8 Å². The number of esters is 1. The van der Waals surface area contributed by atoms with Gasteiger partial charge >= 0.3 is 5.97 Å². The number of ether oxygens (including phenoxy) is 3. The van der Waals surface area contributed by atoms with Gasteiger partial charge in [0.2, 0.25) is 0 Å². The van der Waals surface area contributed by atoms with E-state index in [1.54, 1.807) is 17.5 Å².